The SMILES string of the molecule is N#Cc1ccc(-c2cc(S(=O)(=O)NCC(F)F)cc3ncnn23)cc1. The summed E-state index contributed by atoms with van der Waals surface area (Å²) in [4.78, 5) is 3.77. The molecule has 0 atom stereocenters. The van der Waals surface area contributed by atoms with Crippen molar-refractivity contribution >= 4 is 15.7 Å². The highest BCUT2D eigenvalue weighted by Crippen LogP contribution is 2.24. The van der Waals surface area contributed by atoms with Gasteiger partial charge in [-0.3, -0.25) is 0 Å². The highest BCUT2D eigenvalue weighted by atomic mass is 32.2. The zero-order valence-electron chi connectivity index (χ0n) is 12.6. The van der Waals surface area contributed by atoms with Gasteiger partial charge in [0.05, 0.1) is 28.8 Å². The van der Waals surface area contributed by atoms with Crippen molar-refractivity contribution in [3.63, 3.8) is 0 Å². The zero-order valence-corrected chi connectivity index (χ0v) is 13.4. The Hall–Kier alpha value is -2.90. The third-order valence-electron chi connectivity index (χ3n) is 3.40. The fraction of sp³-hybridized carbons (Fsp3) is 0.133. The van der Waals surface area contributed by atoms with E-state index in [1.165, 1.54) is 23.0 Å². The van der Waals surface area contributed by atoms with Crippen LogP contribution in [0.5, 0.6) is 0 Å². The van der Waals surface area contributed by atoms with E-state index in [9.17, 15) is 17.2 Å². The fourth-order valence-corrected chi connectivity index (χ4v) is 3.27. The molecular weight excluding hydrogens is 352 g/mol. The topological polar surface area (TPSA) is 100 Å². The summed E-state index contributed by atoms with van der Waals surface area (Å²) in [6.45, 7) is -0.980. The second-order valence-corrected chi connectivity index (χ2v) is 6.81. The van der Waals surface area contributed by atoms with E-state index >= 15 is 0 Å². The molecule has 0 aliphatic carbocycles. The van der Waals surface area contributed by atoms with E-state index in [4.69, 9.17) is 5.26 Å². The van der Waals surface area contributed by atoms with Crippen molar-refractivity contribution in [3.05, 3.63) is 48.3 Å². The van der Waals surface area contributed by atoms with Crippen molar-refractivity contribution in [2.75, 3.05) is 6.54 Å². The Morgan fingerprint density at radius 2 is 1.96 bits per heavy atom. The molecule has 0 saturated heterocycles. The highest BCUT2D eigenvalue weighted by Gasteiger charge is 2.20. The number of nitriles is 1. The van der Waals surface area contributed by atoms with Gasteiger partial charge in [0.1, 0.15) is 6.33 Å². The van der Waals surface area contributed by atoms with Gasteiger partial charge in [-0.05, 0) is 18.2 Å². The van der Waals surface area contributed by atoms with Crippen LogP contribution in [0.2, 0.25) is 0 Å². The Morgan fingerprint density at radius 1 is 1.24 bits per heavy atom. The molecule has 2 heterocycles. The van der Waals surface area contributed by atoms with E-state index < -0.39 is 23.0 Å². The summed E-state index contributed by atoms with van der Waals surface area (Å²) >= 11 is 0. The molecule has 3 aromatic rings. The Kier molecular flexibility index (Phi) is 4.43. The number of aromatic nitrogens is 3. The van der Waals surface area contributed by atoms with Gasteiger partial charge < -0.3 is 0 Å². The van der Waals surface area contributed by atoms with Crippen molar-refractivity contribution in [2.24, 2.45) is 0 Å². The number of hydrogen-bond acceptors (Lipinski definition) is 5. The molecule has 2 aromatic heterocycles. The first-order valence-electron chi connectivity index (χ1n) is 7.03. The van der Waals surface area contributed by atoms with Crippen LogP contribution in [0.4, 0.5) is 8.78 Å². The summed E-state index contributed by atoms with van der Waals surface area (Å²) in [7, 11) is -4.13. The van der Waals surface area contributed by atoms with E-state index in [1.54, 1.807) is 24.3 Å². The zero-order chi connectivity index (χ0) is 18.0. The van der Waals surface area contributed by atoms with Gasteiger partial charge in [-0.2, -0.15) is 10.4 Å². The molecule has 10 heteroatoms. The first-order chi connectivity index (χ1) is 11.9. The van der Waals surface area contributed by atoms with Crippen LogP contribution in [0.3, 0.4) is 0 Å². The molecule has 0 radical (unpaired) electrons. The van der Waals surface area contributed by atoms with Crippen LogP contribution in [0.1, 0.15) is 5.56 Å². The van der Waals surface area contributed by atoms with Gasteiger partial charge in [-0.15, -0.1) is 0 Å². The normalized spacial score (nSPS) is 11.8. The lowest BCUT2D eigenvalue weighted by atomic mass is 10.1. The summed E-state index contributed by atoms with van der Waals surface area (Å²) in [5.41, 5.74) is 1.69. The predicted octanol–water partition coefficient (Wildman–Crippen LogP) is 1.81. The number of hydrogen-bond donors (Lipinski definition) is 1. The maximum Gasteiger partial charge on any atom is 0.251 e. The van der Waals surface area contributed by atoms with Crippen LogP contribution in [0.15, 0.2) is 47.6 Å². The minimum Gasteiger partial charge on any atom is -0.215 e. The Balaban J connectivity index is 2.12. The first kappa shape index (κ1) is 16.9. The molecule has 128 valence electrons. The van der Waals surface area contributed by atoms with Gasteiger partial charge in [0.2, 0.25) is 10.0 Å². The monoisotopic (exact) mass is 363 g/mol. The van der Waals surface area contributed by atoms with E-state index in [2.05, 4.69) is 10.1 Å². The van der Waals surface area contributed by atoms with Gasteiger partial charge in [0.15, 0.2) is 5.65 Å². The number of nitrogens with zero attached hydrogens (tertiary/aromatic N) is 4. The van der Waals surface area contributed by atoms with Gasteiger partial charge in [-0.1, -0.05) is 12.1 Å². The van der Waals surface area contributed by atoms with E-state index in [-0.39, 0.29) is 10.5 Å². The highest BCUT2D eigenvalue weighted by molar-refractivity contribution is 7.89. The molecule has 0 aliphatic rings. The third kappa shape index (κ3) is 3.47. The lowest BCUT2D eigenvalue weighted by Crippen LogP contribution is -2.28. The maximum atomic E-state index is 12.3. The minimum atomic E-state index is -4.13. The van der Waals surface area contributed by atoms with Gasteiger partial charge in [-0.25, -0.2) is 31.4 Å². The summed E-state index contributed by atoms with van der Waals surface area (Å²) in [6.07, 6.45) is -1.55. The summed E-state index contributed by atoms with van der Waals surface area (Å²) in [5.74, 6) is 0. The quantitative estimate of drug-likeness (QED) is 0.745. The molecular formula is C15H11F2N5O2S. The standard InChI is InChI=1S/C15H11F2N5O2S/c16-14(17)8-21-25(23,24)12-5-13(22-15(6-12)19-9-20-22)11-3-1-10(7-18)2-4-11/h1-6,9,14,21H,8H2. The maximum absolute atomic E-state index is 12.3. The predicted molar refractivity (Wildman–Crippen MR) is 84.3 cm³/mol. The van der Waals surface area contributed by atoms with Gasteiger partial charge in [0, 0.05) is 11.6 Å². The van der Waals surface area contributed by atoms with Gasteiger partial charge in [0.25, 0.3) is 6.43 Å². The Bertz CT molecular complexity index is 1060. The average molecular weight is 363 g/mol. The molecule has 25 heavy (non-hydrogen) atoms. The number of sulfonamides is 1. The van der Waals surface area contributed by atoms with Crippen LogP contribution in [-0.2, 0) is 10.0 Å². The average Bonchev–Trinajstić information content (AvgIpc) is 3.08. The molecule has 1 N–H and O–H groups in total. The van der Waals surface area contributed by atoms with Crippen molar-refractivity contribution in [3.8, 4) is 17.3 Å². The number of alkyl halides is 2. The number of rotatable bonds is 5. The number of fused-ring (bicyclic) bond motifs is 1. The van der Waals surface area contributed by atoms with Crippen molar-refractivity contribution in [1.82, 2.24) is 19.3 Å². The number of nitrogens with one attached hydrogen (secondary N) is 1. The Labute approximate surface area is 141 Å². The minimum absolute atomic E-state index is 0.201. The van der Waals surface area contributed by atoms with Crippen molar-refractivity contribution < 1.29 is 17.2 Å². The molecule has 7 nitrogen and oxygen atoms in total. The molecule has 0 amide bonds. The molecule has 1 aromatic carbocycles. The summed E-state index contributed by atoms with van der Waals surface area (Å²) in [6, 6.07) is 11.0. The molecule has 0 aliphatic heterocycles. The van der Waals surface area contributed by atoms with Crippen LogP contribution < -0.4 is 4.72 Å². The van der Waals surface area contributed by atoms with E-state index in [0.717, 1.165) is 0 Å². The molecule has 0 unspecified atom stereocenters. The van der Waals surface area contributed by atoms with Crippen LogP contribution in [0, 0.1) is 11.3 Å². The molecule has 3 rings (SSSR count). The number of benzene rings is 1. The summed E-state index contributed by atoms with van der Waals surface area (Å²) in [5, 5.41) is 12.9. The second kappa shape index (κ2) is 6.54. The summed E-state index contributed by atoms with van der Waals surface area (Å²) < 4.78 is 52.4. The van der Waals surface area contributed by atoms with E-state index in [0.29, 0.717) is 16.8 Å². The Morgan fingerprint density at radius 3 is 2.60 bits per heavy atom. The van der Waals surface area contributed by atoms with Crippen molar-refractivity contribution in [1.29, 1.82) is 5.26 Å². The second-order valence-electron chi connectivity index (χ2n) is 5.04. The fourth-order valence-electron chi connectivity index (χ4n) is 2.23. The lowest BCUT2D eigenvalue weighted by molar-refractivity contribution is 0.153. The number of pyridine rings is 1. The smallest absolute Gasteiger partial charge is 0.215 e. The largest absolute Gasteiger partial charge is 0.251 e. The van der Waals surface area contributed by atoms with Crippen LogP contribution >= 0.6 is 0 Å². The van der Waals surface area contributed by atoms with Gasteiger partial charge >= 0.3 is 0 Å². The molecule has 0 saturated carbocycles. The first-order valence-corrected chi connectivity index (χ1v) is 8.51. The molecule has 0 spiro atoms. The van der Waals surface area contributed by atoms with Crippen LogP contribution in [-0.4, -0.2) is 36.0 Å². The molecule has 0 bridgehead atoms. The lowest BCUT2D eigenvalue weighted by Gasteiger charge is -2.10. The number of halogens is 2. The third-order valence-corrected chi connectivity index (χ3v) is 4.80. The van der Waals surface area contributed by atoms with Crippen LogP contribution in [0.25, 0.3) is 16.9 Å². The van der Waals surface area contributed by atoms with Crippen molar-refractivity contribution in [2.45, 2.75) is 11.3 Å². The van der Waals surface area contributed by atoms with E-state index in [1.807, 2.05) is 10.8 Å². The molecule has 0 fully saturated rings.